The van der Waals surface area contributed by atoms with Crippen molar-refractivity contribution in [2.24, 2.45) is 5.41 Å². The Morgan fingerprint density at radius 1 is 1.06 bits per heavy atom. The van der Waals surface area contributed by atoms with Crippen LogP contribution in [0.5, 0.6) is 0 Å². The van der Waals surface area contributed by atoms with Crippen LogP contribution in [-0.2, 0) is 12.8 Å². The minimum absolute atomic E-state index is 0.170. The molecule has 0 aliphatic heterocycles. The number of hydrogen-bond acceptors (Lipinski definition) is 3. The van der Waals surface area contributed by atoms with Crippen molar-refractivity contribution in [2.75, 3.05) is 18.5 Å². The number of benzene rings is 1. The molecule has 3 rings (SSSR count). The first-order valence-corrected chi connectivity index (χ1v) is 11.8. The van der Waals surface area contributed by atoms with Crippen molar-refractivity contribution in [2.45, 2.75) is 66.2 Å². The van der Waals surface area contributed by atoms with Crippen LogP contribution in [0.1, 0.15) is 75.0 Å². The van der Waals surface area contributed by atoms with Gasteiger partial charge in [0, 0.05) is 48.4 Å². The highest BCUT2D eigenvalue weighted by atomic mass is 16.1. The van der Waals surface area contributed by atoms with Crippen LogP contribution in [0.2, 0.25) is 0 Å². The number of ketones is 1. The molecule has 0 saturated heterocycles. The standard InChI is InChI=1S/C27H37N3O/c1-6-21-22-14-13-20(25(31)15-17-30(5)26-12-10-11-16-28-26)18-23(22)29-24(21)19-27(7-2,8-3)9-4/h10-14,16,18,29H,6-9,15,17,19H2,1-5H3. The van der Waals surface area contributed by atoms with Crippen molar-refractivity contribution in [3.8, 4) is 0 Å². The smallest absolute Gasteiger partial charge is 0.164 e. The average molecular weight is 420 g/mol. The maximum atomic E-state index is 12.9. The van der Waals surface area contributed by atoms with Gasteiger partial charge in [-0.15, -0.1) is 0 Å². The lowest BCUT2D eigenvalue weighted by molar-refractivity contribution is 0.0985. The second kappa shape index (κ2) is 10.1. The first-order valence-electron chi connectivity index (χ1n) is 11.8. The molecule has 0 aliphatic rings. The van der Waals surface area contributed by atoms with E-state index in [1.165, 1.54) is 35.9 Å². The molecule has 0 saturated carbocycles. The van der Waals surface area contributed by atoms with Gasteiger partial charge < -0.3 is 9.88 Å². The number of aromatic nitrogens is 2. The Bertz CT molecular complexity index is 994. The van der Waals surface area contributed by atoms with Gasteiger partial charge in [-0.1, -0.05) is 65.2 Å². The first kappa shape index (κ1) is 23.1. The van der Waals surface area contributed by atoms with Gasteiger partial charge >= 0.3 is 0 Å². The molecule has 0 atom stereocenters. The number of Topliss-reactive ketones (excluding diaryl/α,β-unsaturated/α-hetero) is 1. The SMILES string of the molecule is CCc1c(CC(CC)(CC)CC)[nH]c2cc(C(=O)CCN(C)c3ccccn3)ccc12. The highest BCUT2D eigenvalue weighted by Gasteiger charge is 2.26. The predicted octanol–water partition coefficient (Wildman–Crippen LogP) is 6.59. The van der Waals surface area contributed by atoms with Crippen LogP contribution in [0.25, 0.3) is 10.9 Å². The van der Waals surface area contributed by atoms with Gasteiger partial charge in [0.1, 0.15) is 5.82 Å². The normalized spacial score (nSPS) is 11.8. The van der Waals surface area contributed by atoms with Crippen LogP contribution in [0.15, 0.2) is 42.6 Å². The van der Waals surface area contributed by atoms with E-state index in [2.05, 4.69) is 43.7 Å². The summed E-state index contributed by atoms with van der Waals surface area (Å²) in [4.78, 5) is 23.0. The van der Waals surface area contributed by atoms with E-state index >= 15 is 0 Å². The number of pyridine rings is 1. The number of aryl methyl sites for hydroxylation is 1. The van der Waals surface area contributed by atoms with Crippen molar-refractivity contribution >= 4 is 22.5 Å². The van der Waals surface area contributed by atoms with Crippen molar-refractivity contribution in [3.05, 3.63) is 59.4 Å². The number of hydrogen-bond donors (Lipinski definition) is 1. The molecule has 0 unspecified atom stereocenters. The molecule has 1 N–H and O–H groups in total. The third kappa shape index (κ3) is 5.00. The van der Waals surface area contributed by atoms with Crippen molar-refractivity contribution < 1.29 is 4.79 Å². The van der Waals surface area contributed by atoms with Gasteiger partial charge in [-0.3, -0.25) is 4.79 Å². The molecule has 166 valence electrons. The zero-order valence-corrected chi connectivity index (χ0v) is 19.8. The highest BCUT2D eigenvalue weighted by Crippen LogP contribution is 2.37. The summed E-state index contributed by atoms with van der Waals surface area (Å²) in [6, 6.07) is 12.0. The minimum Gasteiger partial charge on any atom is -0.359 e. The molecule has 0 spiro atoms. The number of carbonyl (C=O) groups is 1. The van der Waals surface area contributed by atoms with E-state index < -0.39 is 0 Å². The molecule has 3 aromatic rings. The van der Waals surface area contributed by atoms with Gasteiger partial charge in [0.15, 0.2) is 5.78 Å². The summed E-state index contributed by atoms with van der Waals surface area (Å²) in [6.45, 7) is 9.79. The summed E-state index contributed by atoms with van der Waals surface area (Å²) < 4.78 is 0. The summed E-state index contributed by atoms with van der Waals surface area (Å²) >= 11 is 0. The second-order valence-electron chi connectivity index (χ2n) is 8.72. The molecular weight excluding hydrogens is 382 g/mol. The molecule has 4 heteroatoms. The lowest BCUT2D eigenvalue weighted by Crippen LogP contribution is -2.22. The molecule has 2 heterocycles. The topological polar surface area (TPSA) is 49.0 Å². The second-order valence-corrected chi connectivity index (χ2v) is 8.72. The van der Waals surface area contributed by atoms with Crippen LogP contribution in [0.4, 0.5) is 5.82 Å². The zero-order chi connectivity index (χ0) is 22.4. The number of aromatic amines is 1. The molecule has 0 bridgehead atoms. The van der Waals surface area contributed by atoms with Crippen LogP contribution in [-0.4, -0.2) is 29.3 Å². The first-order chi connectivity index (χ1) is 15.0. The van der Waals surface area contributed by atoms with Crippen molar-refractivity contribution in [1.29, 1.82) is 0 Å². The van der Waals surface area contributed by atoms with E-state index in [0.29, 0.717) is 18.4 Å². The summed E-state index contributed by atoms with van der Waals surface area (Å²) in [5, 5.41) is 1.26. The number of rotatable bonds is 11. The maximum absolute atomic E-state index is 12.9. The number of nitrogens with one attached hydrogen (secondary N) is 1. The molecule has 0 fully saturated rings. The Labute approximate surface area is 187 Å². The molecule has 31 heavy (non-hydrogen) atoms. The number of fused-ring (bicyclic) bond motifs is 1. The Morgan fingerprint density at radius 2 is 1.81 bits per heavy atom. The number of H-pyrrole nitrogens is 1. The fourth-order valence-electron chi connectivity index (χ4n) is 4.65. The highest BCUT2D eigenvalue weighted by molar-refractivity contribution is 6.00. The number of carbonyl (C=O) groups excluding carboxylic acids is 1. The van der Waals surface area contributed by atoms with E-state index in [1.807, 2.05) is 42.3 Å². The zero-order valence-electron chi connectivity index (χ0n) is 19.8. The summed E-state index contributed by atoms with van der Waals surface area (Å²) in [7, 11) is 1.98. The van der Waals surface area contributed by atoms with Crippen LogP contribution < -0.4 is 4.90 Å². The van der Waals surface area contributed by atoms with Crippen LogP contribution in [0.3, 0.4) is 0 Å². The van der Waals surface area contributed by atoms with Crippen LogP contribution in [0, 0.1) is 5.41 Å². The van der Waals surface area contributed by atoms with Gasteiger partial charge in [0.05, 0.1) is 0 Å². The Morgan fingerprint density at radius 3 is 2.42 bits per heavy atom. The van der Waals surface area contributed by atoms with E-state index in [4.69, 9.17) is 0 Å². The average Bonchev–Trinajstić information content (AvgIpc) is 3.17. The van der Waals surface area contributed by atoms with Crippen LogP contribution >= 0.6 is 0 Å². The Hall–Kier alpha value is -2.62. The number of nitrogens with zero attached hydrogens (tertiary/aromatic N) is 2. The third-order valence-corrected chi connectivity index (χ3v) is 7.19. The predicted molar refractivity (Wildman–Crippen MR) is 131 cm³/mol. The molecule has 1 aromatic carbocycles. The largest absolute Gasteiger partial charge is 0.359 e. The van der Waals surface area contributed by atoms with Gasteiger partial charge in [-0.2, -0.15) is 0 Å². The fraction of sp³-hybridized carbons (Fsp3) is 0.481. The molecular formula is C27H37N3O. The Balaban J connectivity index is 1.79. The van der Waals surface area contributed by atoms with Gasteiger partial charge in [0.25, 0.3) is 0 Å². The fourth-order valence-corrected chi connectivity index (χ4v) is 4.65. The monoisotopic (exact) mass is 419 g/mol. The lowest BCUT2D eigenvalue weighted by atomic mass is 9.75. The summed E-state index contributed by atoms with van der Waals surface area (Å²) in [6.07, 6.45) is 7.89. The summed E-state index contributed by atoms with van der Waals surface area (Å²) in [5.74, 6) is 1.06. The molecule has 0 radical (unpaired) electrons. The van der Waals surface area contributed by atoms with E-state index in [9.17, 15) is 4.79 Å². The number of anilines is 1. The van der Waals surface area contributed by atoms with E-state index in [1.54, 1.807) is 6.20 Å². The molecule has 0 amide bonds. The molecule has 0 aliphatic carbocycles. The van der Waals surface area contributed by atoms with E-state index in [0.717, 1.165) is 29.7 Å². The molecule has 4 nitrogen and oxygen atoms in total. The van der Waals surface area contributed by atoms with Crippen molar-refractivity contribution in [3.63, 3.8) is 0 Å². The van der Waals surface area contributed by atoms with Gasteiger partial charge in [0.2, 0.25) is 0 Å². The lowest BCUT2D eigenvalue weighted by Gasteiger charge is -2.30. The Kier molecular flexibility index (Phi) is 7.53. The van der Waals surface area contributed by atoms with Crippen molar-refractivity contribution in [1.82, 2.24) is 9.97 Å². The summed E-state index contributed by atoms with van der Waals surface area (Å²) in [5.41, 5.74) is 4.98. The van der Waals surface area contributed by atoms with Gasteiger partial charge in [-0.05, 0) is 42.0 Å². The minimum atomic E-state index is 0.170. The van der Waals surface area contributed by atoms with Gasteiger partial charge in [-0.25, -0.2) is 4.98 Å². The molecule has 2 aromatic heterocycles. The van der Waals surface area contributed by atoms with E-state index in [-0.39, 0.29) is 5.78 Å². The third-order valence-electron chi connectivity index (χ3n) is 7.19. The maximum Gasteiger partial charge on any atom is 0.164 e. The quantitative estimate of drug-likeness (QED) is 0.357.